The molecule has 0 aliphatic heterocycles. The van der Waals surface area contributed by atoms with E-state index in [2.05, 4.69) is 17.6 Å². The highest BCUT2D eigenvalue weighted by Crippen LogP contribution is 1.96. The first-order valence-corrected chi connectivity index (χ1v) is 6.16. The minimum absolute atomic E-state index is 0.0263. The van der Waals surface area contributed by atoms with E-state index in [0.29, 0.717) is 13.0 Å². The third-order valence-corrected chi connectivity index (χ3v) is 2.43. The number of carbonyl (C=O) groups excluding carboxylic acids is 1. The molecule has 3 N–H and O–H groups in total. The molecule has 0 aliphatic carbocycles. The first-order valence-electron chi connectivity index (χ1n) is 6.16. The van der Waals surface area contributed by atoms with Crippen molar-refractivity contribution in [1.82, 2.24) is 10.6 Å². The van der Waals surface area contributed by atoms with Gasteiger partial charge in [-0.3, -0.25) is 4.79 Å². The summed E-state index contributed by atoms with van der Waals surface area (Å²) in [5.41, 5.74) is 0. The van der Waals surface area contributed by atoms with E-state index in [4.69, 9.17) is 5.11 Å². The van der Waals surface area contributed by atoms with Crippen LogP contribution < -0.4 is 10.6 Å². The van der Waals surface area contributed by atoms with E-state index in [0.717, 1.165) is 12.8 Å². The highest BCUT2D eigenvalue weighted by atomic mass is 16.3. The van der Waals surface area contributed by atoms with E-state index < -0.39 is 0 Å². The van der Waals surface area contributed by atoms with Crippen LogP contribution in [0, 0.1) is 0 Å². The van der Waals surface area contributed by atoms with Gasteiger partial charge in [0.05, 0.1) is 12.6 Å². The van der Waals surface area contributed by atoms with Gasteiger partial charge in [0, 0.05) is 12.1 Å². The average molecular weight is 230 g/mol. The fourth-order valence-corrected chi connectivity index (χ4v) is 1.69. The molecule has 0 saturated carbocycles. The van der Waals surface area contributed by atoms with E-state index in [1.165, 1.54) is 0 Å². The molecule has 0 fully saturated rings. The standard InChI is InChI=1S/C12H26N2O2/c1-5-6-9(2)14-12(16)8-13-10(3)7-11(4)15/h9-11,13,15H,5-8H2,1-4H3,(H,14,16). The van der Waals surface area contributed by atoms with Crippen LogP contribution in [0.5, 0.6) is 0 Å². The zero-order valence-corrected chi connectivity index (χ0v) is 10.9. The van der Waals surface area contributed by atoms with E-state index in [1.807, 2.05) is 13.8 Å². The summed E-state index contributed by atoms with van der Waals surface area (Å²) in [6, 6.07) is 0.401. The molecule has 96 valence electrons. The normalized spacial score (nSPS) is 16.6. The number of amides is 1. The molecule has 0 aromatic rings. The van der Waals surface area contributed by atoms with Gasteiger partial charge in [0.15, 0.2) is 0 Å². The van der Waals surface area contributed by atoms with Gasteiger partial charge in [-0.2, -0.15) is 0 Å². The van der Waals surface area contributed by atoms with Crippen LogP contribution in [0.3, 0.4) is 0 Å². The van der Waals surface area contributed by atoms with Crippen molar-refractivity contribution in [2.24, 2.45) is 0 Å². The molecule has 1 amide bonds. The Hall–Kier alpha value is -0.610. The lowest BCUT2D eigenvalue weighted by atomic mass is 10.1. The summed E-state index contributed by atoms with van der Waals surface area (Å²) in [6.45, 7) is 8.16. The van der Waals surface area contributed by atoms with Gasteiger partial charge in [-0.1, -0.05) is 13.3 Å². The van der Waals surface area contributed by atoms with Gasteiger partial charge in [-0.25, -0.2) is 0 Å². The Morgan fingerprint density at radius 2 is 1.88 bits per heavy atom. The lowest BCUT2D eigenvalue weighted by Crippen LogP contribution is -2.42. The minimum atomic E-state index is -0.329. The molecule has 0 heterocycles. The summed E-state index contributed by atoms with van der Waals surface area (Å²) >= 11 is 0. The highest BCUT2D eigenvalue weighted by Gasteiger charge is 2.09. The molecule has 0 radical (unpaired) electrons. The number of aliphatic hydroxyl groups excluding tert-OH is 1. The predicted octanol–water partition coefficient (Wildman–Crippen LogP) is 1.04. The molecule has 0 spiro atoms. The second kappa shape index (κ2) is 8.53. The Balaban J connectivity index is 3.64. The van der Waals surface area contributed by atoms with Crippen LogP contribution in [0.2, 0.25) is 0 Å². The van der Waals surface area contributed by atoms with Gasteiger partial charge in [0.2, 0.25) is 5.91 Å². The molecule has 0 bridgehead atoms. The maximum absolute atomic E-state index is 11.5. The van der Waals surface area contributed by atoms with E-state index >= 15 is 0 Å². The Labute approximate surface area is 98.8 Å². The van der Waals surface area contributed by atoms with Crippen LogP contribution in [-0.2, 0) is 4.79 Å². The van der Waals surface area contributed by atoms with Gasteiger partial charge in [-0.05, 0) is 33.6 Å². The molecule has 0 rings (SSSR count). The second-order valence-electron chi connectivity index (χ2n) is 4.62. The molecule has 4 heteroatoms. The molecular weight excluding hydrogens is 204 g/mol. The van der Waals surface area contributed by atoms with Crippen molar-refractivity contribution < 1.29 is 9.90 Å². The van der Waals surface area contributed by atoms with Crippen LogP contribution in [0.25, 0.3) is 0 Å². The third kappa shape index (κ3) is 8.68. The van der Waals surface area contributed by atoms with Crippen molar-refractivity contribution in [1.29, 1.82) is 0 Å². The largest absolute Gasteiger partial charge is 0.393 e. The van der Waals surface area contributed by atoms with Crippen molar-refractivity contribution >= 4 is 5.91 Å². The summed E-state index contributed by atoms with van der Waals surface area (Å²) in [7, 11) is 0. The third-order valence-electron chi connectivity index (χ3n) is 2.43. The summed E-state index contributed by atoms with van der Waals surface area (Å²) in [5.74, 6) is 0.0263. The maximum Gasteiger partial charge on any atom is 0.234 e. The van der Waals surface area contributed by atoms with Crippen molar-refractivity contribution in [3.8, 4) is 0 Å². The van der Waals surface area contributed by atoms with Gasteiger partial charge >= 0.3 is 0 Å². The lowest BCUT2D eigenvalue weighted by molar-refractivity contribution is -0.121. The number of aliphatic hydroxyl groups is 1. The van der Waals surface area contributed by atoms with Crippen molar-refractivity contribution in [2.75, 3.05) is 6.54 Å². The SMILES string of the molecule is CCCC(C)NC(=O)CNC(C)CC(C)O. The zero-order valence-electron chi connectivity index (χ0n) is 10.9. The highest BCUT2D eigenvalue weighted by molar-refractivity contribution is 5.78. The van der Waals surface area contributed by atoms with Gasteiger partial charge in [0.25, 0.3) is 0 Å². The molecule has 0 aromatic carbocycles. The van der Waals surface area contributed by atoms with Crippen LogP contribution in [0.1, 0.15) is 47.0 Å². The molecule has 0 aromatic heterocycles. The Bertz CT molecular complexity index is 195. The molecule has 16 heavy (non-hydrogen) atoms. The summed E-state index contributed by atoms with van der Waals surface area (Å²) in [5, 5.41) is 15.2. The zero-order chi connectivity index (χ0) is 12.6. The van der Waals surface area contributed by atoms with Crippen LogP contribution in [-0.4, -0.2) is 35.7 Å². The molecule has 3 unspecified atom stereocenters. The van der Waals surface area contributed by atoms with Crippen LogP contribution >= 0.6 is 0 Å². The smallest absolute Gasteiger partial charge is 0.234 e. The number of hydrogen-bond acceptors (Lipinski definition) is 3. The average Bonchev–Trinajstić information content (AvgIpc) is 2.14. The molecule has 3 atom stereocenters. The van der Waals surface area contributed by atoms with E-state index in [9.17, 15) is 4.79 Å². The Morgan fingerprint density at radius 3 is 2.38 bits per heavy atom. The molecule has 0 aliphatic rings. The predicted molar refractivity (Wildman–Crippen MR) is 66.3 cm³/mol. The fourth-order valence-electron chi connectivity index (χ4n) is 1.69. The number of carbonyl (C=O) groups is 1. The van der Waals surface area contributed by atoms with Gasteiger partial charge in [0.1, 0.15) is 0 Å². The van der Waals surface area contributed by atoms with Crippen LogP contribution in [0.4, 0.5) is 0 Å². The fraction of sp³-hybridized carbons (Fsp3) is 0.917. The summed E-state index contributed by atoms with van der Waals surface area (Å²) < 4.78 is 0. The van der Waals surface area contributed by atoms with Gasteiger partial charge < -0.3 is 15.7 Å². The number of rotatable bonds is 8. The Kier molecular flexibility index (Phi) is 8.21. The quantitative estimate of drug-likeness (QED) is 0.584. The second-order valence-corrected chi connectivity index (χ2v) is 4.62. The lowest BCUT2D eigenvalue weighted by Gasteiger charge is -2.17. The number of hydrogen-bond donors (Lipinski definition) is 3. The van der Waals surface area contributed by atoms with Crippen molar-refractivity contribution in [2.45, 2.75) is 65.1 Å². The molecule has 0 saturated heterocycles. The van der Waals surface area contributed by atoms with Gasteiger partial charge in [-0.15, -0.1) is 0 Å². The van der Waals surface area contributed by atoms with Crippen molar-refractivity contribution in [3.63, 3.8) is 0 Å². The molecular formula is C12H26N2O2. The maximum atomic E-state index is 11.5. The first-order chi connectivity index (χ1) is 7.45. The Morgan fingerprint density at radius 1 is 1.25 bits per heavy atom. The van der Waals surface area contributed by atoms with Crippen LogP contribution in [0.15, 0.2) is 0 Å². The summed E-state index contributed by atoms with van der Waals surface area (Å²) in [6.07, 6.45) is 2.42. The first kappa shape index (κ1) is 15.4. The minimum Gasteiger partial charge on any atom is -0.393 e. The van der Waals surface area contributed by atoms with E-state index in [1.54, 1.807) is 6.92 Å². The number of nitrogens with one attached hydrogen (secondary N) is 2. The van der Waals surface area contributed by atoms with E-state index in [-0.39, 0.29) is 24.1 Å². The topological polar surface area (TPSA) is 61.4 Å². The summed E-state index contributed by atoms with van der Waals surface area (Å²) in [4.78, 5) is 11.5. The monoisotopic (exact) mass is 230 g/mol. The molecule has 4 nitrogen and oxygen atoms in total. The van der Waals surface area contributed by atoms with Crippen molar-refractivity contribution in [3.05, 3.63) is 0 Å².